The molecule has 2 amide bonds. The Bertz CT molecular complexity index is 1120. The monoisotopic (exact) mass is 475 g/mol. The highest BCUT2D eigenvalue weighted by molar-refractivity contribution is 7.80. The van der Waals surface area contributed by atoms with E-state index in [-0.39, 0.29) is 16.9 Å². The van der Waals surface area contributed by atoms with Crippen LogP contribution in [0, 0.1) is 5.92 Å². The quantitative estimate of drug-likeness (QED) is 0.372. The van der Waals surface area contributed by atoms with Crippen molar-refractivity contribution in [3.8, 4) is 5.75 Å². The van der Waals surface area contributed by atoms with E-state index in [1.807, 2.05) is 36.4 Å². The second kappa shape index (κ2) is 12.5. The number of thiocarbonyl (C=S) groups is 1. The lowest BCUT2D eigenvalue weighted by Crippen LogP contribution is -2.34. The van der Waals surface area contributed by atoms with E-state index in [4.69, 9.17) is 17.0 Å². The Kier molecular flexibility index (Phi) is 9.17. The van der Waals surface area contributed by atoms with Crippen LogP contribution in [0.3, 0.4) is 0 Å². The van der Waals surface area contributed by atoms with E-state index in [0.717, 1.165) is 12.0 Å². The third kappa shape index (κ3) is 7.71. The molecule has 0 radical (unpaired) electrons. The van der Waals surface area contributed by atoms with E-state index >= 15 is 0 Å². The average Bonchev–Trinajstić information content (AvgIpc) is 2.83. The van der Waals surface area contributed by atoms with Crippen LogP contribution in [0.5, 0.6) is 5.75 Å². The van der Waals surface area contributed by atoms with Crippen molar-refractivity contribution in [3.63, 3.8) is 0 Å². The summed E-state index contributed by atoms with van der Waals surface area (Å²) in [5, 5.41) is 8.70. The van der Waals surface area contributed by atoms with E-state index in [9.17, 15) is 9.59 Å². The van der Waals surface area contributed by atoms with Crippen LogP contribution in [-0.4, -0.2) is 23.5 Å². The molecule has 0 aromatic heterocycles. The molecule has 0 aliphatic carbocycles. The Morgan fingerprint density at radius 3 is 2.26 bits per heavy atom. The average molecular weight is 476 g/mol. The number of amides is 2. The highest BCUT2D eigenvalue weighted by Gasteiger charge is 2.14. The van der Waals surface area contributed by atoms with Crippen molar-refractivity contribution >= 4 is 34.8 Å². The van der Waals surface area contributed by atoms with Gasteiger partial charge in [-0.05, 0) is 66.5 Å². The number of carbonyl (C=O) groups is 2. The molecule has 0 saturated carbocycles. The SMILES string of the molecule is CC(C)CCOc1ccccc1C(=O)NC(=S)Nc1ccc(C(=O)NCc2ccccc2)cc1. The fourth-order valence-corrected chi connectivity index (χ4v) is 3.31. The molecule has 0 fully saturated rings. The summed E-state index contributed by atoms with van der Waals surface area (Å²) in [6.45, 7) is 5.24. The van der Waals surface area contributed by atoms with Crippen molar-refractivity contribution in [2.75, 3.05) is 11.9 Å². The second-order valence-corrected chi connectivity index (χ2v) is 8.59. The van der Waals surface area contributed by atoms with Crippen LogP contribution in [0.25, 0.3) is 0 Å². The third-order valence-electron chi connectivity index (χ3n) is 5.01. The number of carbonyl (C=O) groups excluding carboxylic acids is 2. The number of rotatable bonds is 9. The lowest BCUT2D eigenvalue weighted by atomic mass is 10.1. The Hall–Kier alpha value is -3.71. The number of ether oxygens (including phenoxy) is 1. The molecule has 176 valence electrons. The molecule has 0 heterocycles. The van der Waals surface area contributed by atoms with E-state index in [2.05, 4.69) is 29.8 Å². The molecule has 0 bridgehead atoms. The van der Waals surface area contributed by atoms with Crippen LogP contribution in [0.4, 0.5) is 5.69 Å². The van der Waals surface area contributed by atoms with Gasteiger partial charge in [0.05, 0.1) is 12.2 Å². The first-order valence-corrected chi connectivity index (χ1v) is 11.6. The molecular weight excluding hydrogens is 446 g/mol. The highest BCUT2D eigenvalue weighted by atomic mass is 32.1. The van der Waals surface area contributed by atoms with Crippen molar-refractivity contribution in [3.05, 3.63) is 95.6 Å². The molecule has 7 heteroatoms. The summed E-state index contributed by atoms with van der Waals surface area (Å²) in [5.41, 5.74) is 2.64. The Morgan fingerprint density at radius 2 is 1.56 bits per heavy atom. The van der Waals surface area contributed by atoms with Crippen LogP contribution < -0.4 is 20.7 Å². The molecule has 0 aliphatic rings. The maximum atomic E-state index is 12.7. The zero-order valence-corrected chi connectivity index (χ0v) is 20.2. The lowest BCUT2D eigenvalue weighted by Gasteiger charge is -2.14. The van der Waals surface area contributed by atoms with Gasteiger partial charge in [-0.25, -0.2) is 0 Å². The zero-order valence-electron chi connectivity index (χ0n) is 19.3. The van der Waals surface area contributed by atoms with Gasteiger partial charge in [0, 0.05) is 17.8 Å². The van der Waals surface area contributed by atoms with Crippen molar-refractivity contribution in [1.29, 1.82) is 0 Å². The van der Waals surface area contributed by atoms with Gasteiger partial charge in [0.2, 0.25) is 0 Å². The fraction of sp³-hybridized carbons (Fsp3) is 0.222. The van der Waals surface area contributed by atoms with Crippen LogP contribution >= 0.6 is 12.2 Å². The number of nitrogens with one attached hydrogen (secondary N) is 3. The van der Waals surface area contributed by atoms with Crippen molar-refractivity contribution in [2.45, 2.75) is 26.8 Å². The van der Waals surface area contributed by atoms with Gasteiger partial charge < -0.3 is 15.4 Å². The van der Waals surface area contributed by atoms with E-state index in [1.165, 1.54) is 0 Å². The van der Waals surface area contributed by atoms with Gasteiger partial charge in [-0.2, -0.15) is 0 Å². The van der Waals surface area contributed by atoms with Gasteiger partial charge in [0.25, 0.3) is 11.8 Å². The van der Waals surface area contributed by atoms with Crippen molar-refractivity contribution in [2.24, 2.45) is 5.92 Å². The molecular formula is C27H29N3O3S. The van der Waals surface area contributed by atoms with E-state index in [0.29, 0.717) is 41.6 Å². The first kappa shape index (κ1) is 24.9. The minimum Gasteiger partial charge on any atom is -0.493 e. The lowest BCUT2D eigenvalue weighted by molar-refractivity contribution is 0.0948. The summed E-state index contributed by atoms with van der Waals surface area (Å²) in [6.07, 6.45) is 0.899. The molecule has 34 heavy (non-hydrogen) atoms. The topological polar surface area (TPSA) is 79.5 Å². The summed E-state index contributed by atoms with van der Waals surface area (Å²) >= 11 is 5.29. The van der Waals surface area contributed by atoms with Gasteiger partial charge in [-0.15, -0.1) is 0 Å². The first-order valence-electron chi connectivity index (χ1n) is 11.2. The van der Waals surface area contributed by atoms with Crippen molar-refractivity contribution < 1.29 is 14.3 Å². The number of para-hydroxylation sites is 1. The molecule has 3 aromatic rings. The summed E-state index contributed by atoms with van der Waals surface area (Å²) in [6, 6.07) is 23.7. The third-order valence-corrected chi connectivity index (χ3v) is 5.22. The molecule has 0 spiro atoms. The van der Waals surface area contributed by atoms with Crippen LogP contribution in [0.15, 0.2) is 78.9 Å². The number of hydrogen-bond donors (Lipinski definition) is 3. The molecule has 0 saturated heterocycles. The minimum absolute atomic E-state index is 0.156. The highest BCUT2D eigenvalue weighted by Crippen LogP contribution is 2.19. The first-order chi connectivity index (χ1) is 16.4. The van der Waals surface area contributed by atoms with Crippen LogP contribution in [-0.2, 0) is 6.54 Å². The molecule has 6 nitrogen and oxygen atoms in total. The van der Waals surface area contributed by atoms with Gasteiger partial charge in [0.1, 0.15) is 5.75 Å². The van der Waals surface area contributed by atoms with E-state index < -0.39 is 0 Å². The molecule has 0 unspecified atom stereocenters. The van der Waals surface area contributed by atoms with Crippen LogP contribution in [0.2, 0.25) is 0 Å². The molecule has 0 atom stereocenters. The molecule has 3 N–H and O–H groups in total. The van der Waals surface area contributed by atoms with Gasteiger partial charge in [0.15, 0.2) is 5.11 Å². The van der Waals surface area contributed by atoms with Gasteiger partial charge in [-0.1, -0.05) is 56.3 Å². The smallest absolute Gasteiger partial charge is 0.261 e. The van der Waals surface area contributed by atoms with Gasteiger partial charge in [-0.3, -0.25) is 14.9 Å². The zero-order chi connectivity index (χ0) is 24.3. The normalized spacial score (nSPS) is 10.4. The fourth-order valence-electron chi connectivity index (χ4n) is 3.10. The standard InChI is InChI=1S/C27H29N3O3S/c1-19(2)16-17-33-24-11-7-6-10-23(24)26(32)30-27(34)29-22-14-12-21(13-15-22)25(31)28-18-20-8-4-3-5-9-20/h3-15,19H,16-18H2,1-2H3,(H,28,31)(H2,29,30,32,34). The van der Waals surface area contributed by atoms with E-state index in [1.54, 1.807) is 42.5 Å². The summed E-state index contributed by atoms with van der Waals surface area (Å²) in [5.74, 6) is 0.517. The largest absolute Gasteiger partial charge is 0.493 e. The predicted octanol–water partition coefficient (Wildman–Crippen LogP) is 5.17. The van der Waals surface area contributed by atoms with Crippen LogP contribution in [0.1, 0.15) is 46.5 Å². The maximum absolute atomic E-state index is 12.7. The summed E-state index contributed by atoms with van der Waals surface area (Å²) < 4.78 is 5.79. The summed E-state index contributed by atoms with van der Waals surface area (Å²) in [4.78, 5) is 25.1. The number of anilines is 1. The number of hydrogen-bond acceptors (Lipinski definition) is 4. The number of benzene rings is 3. The Balaban J connectivity index is 1.52. The molecule has 3 aromatic carbocycles. The Labute approximate surface area is 205 Å². The second-order valence-electron chi connectivity index (χ2n) is 8.18. The maximum Gasteiger partial charge on any atom is 0.261 e. The van der Waals surface area contributed by atoms with Gasteiger partial charge >= 0.3 is 0 Å². The van der Waals surface area contributed by atoms with Crippen molar-refractivity contribution in [1.82, 2.24) is 10.6 Å². The predicted molar refractivity (Wildman–Crippen MR) is 139 cm³/mol. The minimum atomic E-state index is -0.352. The summed E-state index contributed by atoms with van der Waals surface area (Å²) in [7, 11) is 0. The molecule has 3 rings (SSSR count). The molecule has 0 aliphatic heterocycles. The Morgan fingerprint density at radius 1 is 0.882 bits per heavy atom.